The van der Waals surface area contributed by atoms with Crippen molar-refractivity contribution < 1.29 is 9.84 Å². The lowest BCUT2D eigenvalue weighted by Crippen LogP contribution is -2.18. The number of hydrogen-bond donors (Lipinski definition) is 2. The van der Waals surface area contributed by atoms with Crippen LogP contribution in [0, 0.1) is 0 Å². The van der Waals surface area contributed by atoms with E-state index in [9.17, 15) is 0 Å². The van der Waals surface area contributed by atoms with Gasteiger partial charge in [0.2, 0.25) is 0 Å². The first-order valence-corrected chi connectivity index (χ1v) is 5.07. The summed E-state index contributed by atoms with van der Waals surface area (Å²) in [4.78, 5) is 8.25. The van der Waals surface area contributed by atoms with Crippen molar-refractivity contribution in [2.24, 2.45) is 5.73 Å². The fourth-order valence-electron chi connectivity index (χ4n) is 1.30. The summed E-state index contributed by atoms with van der Waals surface area (Å²) in [5.41, 5.74) is 7.33. The number of aliphatic hydroxyl groups excluding tert-OH is 1. The molecule has 0 saturated carbocycles. The predicted molar refractivity (Wildman–Crippen MR) is 56.6 cm³/mol. The third-order valence-electron chi connectivity index (χ3n) is 2.08. The molecule has 1 aromatic rings. The molecule has 1 atom stereocenters. The first-order chi connectivity index (χ1) is 7.22. The van der Waals surface area contributed by atoms with Crippen LogP contribution in [0.3, 0.4) is 0 Å². The van der Waals surface area contributed by atoms with Gasteiger partial charge in [-0.25, -0.2) is 4.98 Å². The zero-order valence-corrected chi connectivity index (χ0v) is 9.10. The van der Waals surface area contributed by atoms with Crippen molar-refractivity contribution in [3.63, 3.8) is 0 Å². The van der Waals surface area contributed by atoms with E-state index in [1.165, 1.54) is 0 Å². The molecule has 0 bridgehead atoms. The third kappa shape index (κ3) is 2.87. The van der Waals surface area contributed by atoms with E-state index in [1.54, 1.807) is 6.20 Å². The average Bonchev–Trinajstić information content (AvgIpc) is 2.28. The van der Waals surface area contributed by atoms with Crippen molar-refractivity contribution in [3.8, 4) is 6.01 Å². The van der Waals surface area contributed by atoms with Gasteiger partial charge in [0.25, 0.3) is 0 Å². The standard InChI is InChI=1S/C10H17N3O2/c1-3-9-7(8(11)6-14)5-12-10(13-9)15-4-2/h5,8,14H,3-4,6,11H2,1-2H3. The summed E-state index contributed by atoms with van der Waals surface area (Å²) in [5.74, 6) is 0. The van der Waals surface area contributed by atoms with Crippen LogP contribution in [0.25, 0.3) is 0 Å². The fourth-order valence-corrected chi connectivity index (χ4v) is 1.30. The number of hydrogen-bond acceptors (Lipinski definition) is 5. The quantitative estimate of drug-likeness (QED) is 0.738. The average molecular weight is 211 g/mol. The molecule has 0 amide bonds. The van der Waals surface area contributed by atoms with E-state index in [2.05, 4.69) is 9.97 Å². The van der Waals surface area contributed by atoms with Gasteiger partial charge in [0.05, 0.1) is 24.9 Å². The topological polar surface area (TPSA) is 81.3 Å². The van der Waals surface area contributed by atoms with Gasteiger partial charge >= 0.3 is 6.01 Å². The second-order valence-corrected chi connectivity index (χ2v) is 3.13. The molecule has 1 heterocycles. The maximum absolute atomic E-state index is 8.97. The Labute approximate surface area is 89.3 Å². The maximum Gasteiger partial charge on any atom is 0.316 e. The molecular weight excluding hydrogens is 194 g/mol. The summed E-state index contributed by atoms with van der Waals surface area (Å²) in [6.45, 7) is 4.28. The molecule has 1 rings (SSSR count). The second-order valence-electron chi connectivity index (χ2n) is 3.13. The minimum absolute atomic E-state index is 0.107. The summed E-state index contributed by atoms with van der Waals surface area (Å²) >= 11 is 0. The molecule has 3 N–H and O–H groups in total. The molecular formula is C10H17N3O2. The van der Waals surface area contributed by atoms with E-state index >= 15 is 0 Å². The first-order valence-electron chi connectivity index (χ1n) is 5.07. The zero-order valence-electron chi connectivity index (χ0n) is 9.10. The molecule has 84 valence electrons. The molecule has 0 aliphatic heterocycles. The van der Waals surface area contributed by atoms with Gasteiger partial charge in [-0.2, -0.15) is 4.98 Å². The Morgan fingerprint density at radius 3 is 2.80 bits per heavy atom. The van der Waals surface area contributed by atoms with Crippen LogP contribution in [0.4, 0.5) is 0 Å². The van der Waals surface area contributed by atoms with Crippen molar-refractivity contribution in [1.82, 2.24) is 9.97 Å². The molecule has 0 aliphatic carbocycles. The third-order valence-corrected chi connectivity index (χ3v) is 2.08. The lowest BCUT2D eigenvalue weighted by molar-refractivity contribution is 0.265. The number of rotatable bonds is 5. The van der Waals surface area contributed by atoms with Crippen molar-refractivity contribution in [1.29, 1.82) is 0 Å². The van der Waals surface area contributed by atoms with E-state index in [4.69, 9.17) is 15.6 Å². The normalized spacial score (nSPS) is 12.5. The lowest BCUT2D eigenvalue weighted by atomic mass is 10.1. The first kappa shape index (κ1) is 11.9. The molecule has 5 heteroatoms. The number of aryl methyl sites for hydroxylation is 1. The Bertz CT molecular complexity index is 318. The lowest BCUT2D eigenvalue weighted by Gasteiger charge is -2.12. The molecule has 0 aliphatic rings. The van der Waals surface area contributed by atoms with Gasteiger partial charge in [-0.15, -0.1) is 0 Å². The van der Waals surface area contributed by atoms with Crippen LogP contribution in [0.1, 0.15) is 31.1 Å². The molecule has 0 saturated heterocycles. The van der Waals surface area contributed by atoms with Crippen LogP contribution in [-0.4, -0.2) is 28.3 Å². The largest absolute Gasteiger partial charge is 0.464 e. The van der Waals surface area contributed by atoms with E-state index in [-0.39, 0.29) is 6.61 Å². The van der Waals surface area contributed by atoms with Crippen LogP contribution >= 0.6 is 0 Å². The smallest absolute Gasteiger partial charge is 0.316 e. The summed E-state index contributed by atoms with van der Waals surface area (Å²) in [5, 5.41) is 8.97. The minimum Gasteiger partial charge on any atom is -0.464 e. The van der Waals surface area contributed by atoms with Gasteiger partial charge in [-0.3, -0.25) is 0 Å². The maximum atomic E-state index is 8.97. The monoisotopic (exact) mass is 211 g/mol. The highest BCUT2D eigenvalue weighted by atomic mass is 16.5. The Kier molecular flexibility index (Phi) is 4.45. The van der Waals surface area contributed by atoms with Crippen molar-refractivity contribution in [2.75, 3.05) is 13.2 Å². The second kappa shape index (κ2) is 5.63. The van der Waals surface area contributed by atoms with E-state index in [1.807, 2.05) is 13.8 Å². The number of aliphatic hydroxyl groups is 1. The van der Waals surface area contributed by atoms with Gasteiger partial charge in [0, 0.05) is 11.8 Å². The summed E-state index contributed by atoms with van der Waals surface area (Å²) < 4.78 is 5.19. The SMILES string of the molecule is CCOc1ncc(C(N)CO)c(CC)n1. The zero-order chi connectivity index (χ0) is 11.3. The Morgan fingerprint density at radius 2 is 2.27 bits per heavy atom. The fraction of sp³-hybridized carbons (Fsp3) is 0.600. The highest BCUT2D eigenvalue weighted by Gasteiger charge is 2.12. The number of nitrogens with two attached hydrogens (primary N) is 1. The Morgan fingerprint density at radius 1 is 1.53 bits per heavy atom. The number of aromatic nitrogens is 2. The van der Waals surface area contributed by atoms with Crippen LogP contribution < -0.4 is 10.5 Å². The van der Waals surface area contributed by atoms with Gasteiger partial charge in [-0.1, -0.05) is 6.92 Å². The number of ether oxygens (including phenoxy) is 1. The number of nitrogens with zero attached hydrogens (tertiary/aromatic N) is 2. The molecule has 0 aromatic carbocycles. The molecule has 1 aromatic heterocycles. The van der Waals surface area contributed by atoms with E-state index in [0.29, 0.717) is 12.6 Å². The minimum atomic E-state index is -0.421. The summed E-state index contributed by atoms with van der Waals surface area (Å²) in [7, 11) is 0. The summed E-state index contributed by atoms with van der Waals surface area (Å²) in [6.07, 6.45) is 2.36. The Hall–Kier alpha value is -1.20. The molecule has 15 heavy (non-hydrogen) atoms. The predicted octanol–water partition coefficient (Wildman–Crippen LogP) is 0.430. The van der Waals surface area contributed by atoms with Crippen LogP contribution in [0.5, 0.6) is 6.01 Å². The van der Waals surface area contributed by atoms with Crippen molar-refractivity contribution >= 4 is 0 Å². The molecule has 0 spiro atoms. The van der Waals surface area contributed by atoms with Crippen LogP contribution in [0.15, 0.2) is 6.20 Å². The Balaban J connectivity index is 2.98. The van der Waals surface area contributed by atoms with E-state index in [0.717, 1.165) is 17.7 Å². The van der Waals surface area contributed by atoms with Crippen LogP contribution in [-0.2, 0) is 6.42 Å². The molecule has 0 fully saturated rings. The van der Waals surface area contributed by atoms with Gasteiger partial charge in [-0.05, 0) is 13.3 Å². The summed E-state index contributed by atoms with van der Waals surface area (Å²) in [6, 6.07) is -0.0566. The van der Waals surface area contributed by atoms with Crippen molar-refractivity contribution in [3.05, 3.63) is 17.5 Å². The van der Waals surface area contributed by atoms with Gasteiger partial charge in [0.15, 0.2) is 0 Å². The highest BCUT2D eigenvalue weighted by Crippen LogP contribution is 2.16. The van der Waals surface area contributed by atoms with Crippen LogP contribution in [0.2, 0.25) is 0 Å². The molecule has 0 radical (unpaired) electrons. The highest BCUT2D eigenvalue weighted by molar-refractivity contribution is 5.22. The molecule has 1 unspecified atom stereocenters. The molecule has 5 nitrogen and oxygen atoms in total. The van der Waals surface area contributed by atoms with Crippen molar-refractivity contribution in [2.45, 2.75) is 26.3 Å². The van der Waals surface area contributed by atoms with Gasteiger partial charge < -0.3 is 15.6 Å². The van der Waals surface area contributed by atoms with E-state index < -0.39 is 6.04 Å². The van der Waals surface area contributed by atoms with Gasteiger partial charge in [0.1, 0.15) is 0 Å².